The van der Waals surface area contributed by atoms with Crippen LogP contribution in [0.5, 0.6) is 0 Å². The zero-order valence-electron chi connectivity index (χ0n) is 16.0. The van der Waals surface area contributed by atoms with Gasteiger partial charge in [0.15, 0.2) is 0 Å². The zero-order valence-corrected chi connectivity index (χ0v) is 16.8. The van der Waals surface area contributed by atoms with Gasteiger partial charge in [-0.3, -0.25) is 4.79 Å². The van der Waals surface area contributed by atoms with Gasteiger partial charge in [0.2, 0.25) is 5.91 Å². The maximum atomic E-state index is 12.6. The van der Waals surface area contributed by atoms with Crippen molar-refractivity contribution in [3.8, 4) is 11.4 Å². The fourth-order valence-electron chi connectivity index (χ4n) is 3.42. The number of fused-ring (bicyclic) bond motifs is 2. The Labute approximate surface area is 177 Å². The molecule has 0 atom stereocenters. The molecule has 0 saturated heterocycles. The summed E-state index contributed by atoms with van der Waals surface area (Å²) in [4.78, 5) is 25.1. The SMILES string of the molecule is O=C(CSc1ncccc1-c1nc2ccccc2[nH]1)Nc1cccc2ccccc12. The van der Waals surface area contributed by atoms with Crippen LogP contribution in [0.4, 0.5) is 5.69 Å². The molecule has 0 aliphatic carbocycles. The molecule has 0 radical (unpaired) electrons. The molecular formula is C24H18N4OS. The number of rotatable bonds is 5. The molecule has 0 saturated carbocycles. The smallest absolute Gasteiger partial charge is 0.234 e. The van der Waals surface area contributed by atoms with Crippen molar-refractivity contribution in [3.63, 3.8) is 0 Å². The van der Waals surface area contributed by atoms with Gasteiger partial charge < -0.3 is 10.3 Å². The van der Waals surface area contributed by atoms with Crippen LogP contribution in [0.15, 0.2) is 90.1 Å². The molecule has 6 heteroatoms. The quantitative estimate of drug-likeness (QED) is 0.375. The number of thioether (sulfide) groups is 1. The molecule has 0 unspecified atom stereocenters. The highest BCUT2D eigenvalue weighted by Gasteiger charge is 2.13. The van der Waals surface area contributed by atoms with Crippen LogP contribution in [0.3, 0.4) is 0 Å². The van der Waals surface area contributed by atoms with E-state index < -0.39 is 0 Å². The number of H-pyrrole nitrogens is 1. The molecule has 0 fully saturated rings. The number of aromatic amines is 1. The lowest BCUT2D eigenvalue weighted by Gasteiger charge is -2.09. The third-order valence-electron chi connectivity index (χ3n) is 4.82. The van der Waals surface area contributed by atoms with E-state index in [1.165, 1.54) is 11.8 Å². The lowest BCUT2D eigenvalue weighted by molar-refractivity contribution is -0.113. The number of hydrogen-bond acceptors (Lipinski definition) is 4. The van der Waals surface area contributed by atoms with E-state index in [-0.39, 0.29) is 11.7 Å². The molecule has 5 nitrogen and oxygen atoms in total. The number of carbonyl (C=O) groups is 1. The summed E-state index contributed by atoms with van der Waals surface area (Å²) < 4.78 is 0. The first-order valence-electron chi connectivity index (χ1n) is 9.58. The maximum Gasteiger partial charge on any atom is 0.234 e. The minimum Gasteiger partial charge on any atom is -0.338 e. The number of nitrogens with zero attached hydrogens (tertiary/aromatic N) is 2. The van der Waals surface area contributed by atoms with Gasteiger partial charge in [0, 0.05) is 22.8 Å². The minimum atomic E-state index is -0.0717. The molecular weight excluding hydrogens is 392 g/mol. The normalized spacial score (nSPS) is 11.1. The summed E-state index contributed by atoms with van der Waals surface area (Å²) in [5.41, 5.74) is 3.58. The van der Waals surface area contributed by atoms with E-state index in [1.54, 1.807) is 6.20 Å². The predicted octanol–water partition coefficient (Wildman–Crippen LogP) is 5.51. The second kappa shape index (κ2) is 8.00. The molecule has 2 N–H and O–H groups in total. The van der Waals surface area contributed by atoms with E-state index in [4.69, 9.17) is 0 Å². The topological polar surface area (TPSA) is 70.7 Å². The van der Waals surface area contributed by atoms with Gasteiger partial charge in [-0.15, -0.1) is 0 Å². The Morgan fingerprint density at radius 2 is 1.77 bits per heavy atom. The highest BCUT2D eigenvalue weighted by atomic mass is 32.2. The van der Waals surface area contributed by atoms with Crippen molar-refractivity contribution < 1.29 is 4.79 Å². The fourth-order valence-corrected chi connectivity index (χ4v) is 4.22. The molecule has 0 aliphatic rings. The molecule has 0 spiro atoms. The fraction of sp³-hybridized carbons (Fsp3) is 0.0417. The third-order valence-corrected chi connectivity index (χ3v) is 5.82. The summed E-state index contributed by atoms with van der Waals surface area (Å²) in [6.45, 7) is 0. The predicted molar refractivity (Wildman–Crippen MR) is 123 cm³/mol. The third kappa shape index (κ3) is 3.65. The van der Waals surface area contributed by atoms with Gasteiger partial charge in [0.25, 0.3) is 0 Å². The standard InChI is InChI=1S/C24H18N4OS/c29-22(26-19-13-5-8-16-7-1-2-9-17(16)19)15-30-24-18(10-6-14-25-24)23-27-20-11-3-4-12-21(20)28-23/h1-14H,15H2,(H,26,29)(H,27,28). The molecule has 5 aromatic rings. The highest BCUT2D eigenvalue weighted by Crippen LogP contribution is 2.29. The van der Waals surface area contributed by atoms with Gasteiger partial charge in [-0.2, -0.15) is 0 Å². The van der Waals surface area contributed by atoms with E-state index >= 15 is 0 Å². The molecule has 3 aromatic carbocycles. The number of benzene rings is 3. The molecule has 146 valence electrons. The Morgan fingerprint density at radius 1 is 0.933 bits per heavy atom. The maximum absolute atomic E-state index is 12.6. The number of pyridine rings is 1. The van der Waals surface area contributed by atoms with E-state index in [0.29, 0.717) is 0 Å². The van der Waals surface area contributed by atoms with Crippen LogP contribution >= 0.6 is 11.8 Å². The van der Waals surface area contributed by atoms with E-state index in [1.807, 2.05) is 78.9 Å². The number of nitrogens with one attached hydrogen (secondary N) is 2. The van der Waals surface area contributed by atoms with Crippen molar-refractivity contribution in [2.24, 2.45) is 0 Å². The Morgan fingerprint density at radius 3 is 2.70 bits per heavy atom. The lowest BCUT2D eigenvalue weighted by Crippen LogP contribution is -2.14. The molecule has 1 amide bonds. The summed E-state index contributed by atoms with van der Waals surface area (Å²) in [6.07, 6.45) is 1.73. The first-order valence-corrected chi connectivity index (χ1v) is 10.6. The summed E-state index contributed by atoms with van der Waals surface area (Å²) in [6, 6.07) is 25.7. The number of imidazole rings is 1. The molecule has 0 aliphatic heterocycles. The van der Waals surface area contributed by atoms with E-state index in [2.05, 4.69) is 20.3 Å². The monoisotopic (exact) mass is 410 g/mol. The average Bonchev–Trinajstić information content (AvgIpc) is 3.22. The van der Waals surface area contributed by atoms with E-state index in [9.17, 15) is 4.79 Å². The van der Waals surface area contributed by atoms with Crippen LogP contribution in [0.25, 0.3) is 33.2 Å². The minimum absolute atomic E-state index is 0.0717. The lowest BCUT2D eigenvalue weighted by atomic mass is 10.1. The van der Waals surface area contributed by atoms with Gasteiger partial charge in [-0.05, 0) is 35.7 Å². The van der Waals surface area contributed by atoms with Crippen molar-refractivity contribution in [2.75, 3.05) is 11.1 Å². The van der Waals surface area contributed by atoms with Crippen LogP contribution in [-0.2, 0) is 4.79 Å². The Hall–Kier alpha value is -3.64. The van der Waals surface area contributed by atoms with Crippen molar-refractivity contribution in [2.45, 2.75) is 5.03 Å². The number of carbonyl (C=O) groups excluding carboxylic acids is 1. The number of aromatic nitrogens is 3. The van der Waals surface area contributed by atoms with Crippen LogP contribution in [0.1, 0.15) is 0 Å². The van der Waals surface area contributed by atoms with Gasteiger partial charge in [-0.25, -0.2) is 9.97 Å². The van der Waals surface area contributed by atoms with Gasteiger partial charge in [-0.1, -0.05) is 60.3 Å². The van der Waals surface area contributed by atoms with Crippen LogP contribution < -0.4 is 5.32 Å². The van der Waals surface area contributed by atoms with Crippen LogP contribution in [0.2, 0.25) is 0 Å². The molecule has 0 bridgehead atoms. The summed E-state index contributed by atoms with van der Waals surface area (Å²) in [5, 5.41) is 5.92. The number of amides is 1. The van der Waals surface area contributed by atoms with Gasteiger partial charge in [0.1, 0.15) is 10.9 Å². The first kappa shape index (κ1) is 18.4. The van der Waals surface area contributed by atoms with Crippen molar-refractivity contribution in [1.82, 2.24) is 15.0 Å². The molecule has 5 rings (SSSR count). The summed E-state index contributed by atoms with van der Waals surface area (Å²) >= 11 is 1.40. The largest absolute Gasteiger partial charge is 0.338 e. The van der Waals surface area contributed by atoms with Crippen LogP contribution in [0, 0.1) is 0 Å². The van der Waals surface area contributed by atoms with Gasteiger partial charge in [0.05, 0.1) is 16.8 Å². The van der Waals surface area contributed by atoms with Crippen molar-refractivity contribution in [1.29, 1.82) is 0 Å². The Bertz CT molecular complexity index is 1320. The van der Waals surface area contributed by atoms with Gasteiger partial charge >= 0.3 is 0 Å². The Balaban J connectivity index is 1.35. The number of hydrogen-bond donors (Lipinski definition) is 2. The molecule has 30 heavy (non-hydrogen) atoms. The Kier molecular flexibility index (Phi) is 4.91. The summed E-state index contributed by atoms with van der Waals surface area (Å²) in [5.74, 6) is 0.937. The van der Waals surface area contributed by atoms with Crippen molar-refractivity contribution in [3.05, 3.63) is 85.1 Å². The average molecular weight is 411 g/mol. The molecule has 2 aromatic heterocycles. The van der Waals surface area contributed by atoms with Crippen molar-refractivity contribution >= 4 is 45.2 Å². The number of anilines is 1. The van der Waals surface area contributed by atoms with E-state index in [0.717, 1.165) is 43.9 Å². The first-order chi connectivity index (χ1) is 14.8. The van der Waals surface area contributed by atoms with Crippen LogP contribution in [-0.4, -0.2) is 26.6 Å². The molecule has 2 heterocycles. The number of para-hydroxylation sites is 2. The highest BCUT2D eigenvalue weighted by molar-refractivity contribution is 8.00. The summed E-state index contributed by atoms with van der Waals surface area (Å²) in [7, 11) is 0. The zero-order chi connectivity index (χ0) is 20.3. The second-order valence-electron chi connectivity index (χ2n) is 6.82. The second-order valence-corrected chi connectivity index (χ2v) is 7.79.